The third-order valence-corrected chi connectivity index (χ3v) is 4.49. The van der Waals surface area contributed by atoms with Crippen LogP contribution in [-0.4, -0.2) is 13.5 Å². The molecular weight excluding hydrogens is 364 g/mol. The number of halogens is 4. The van der Waals surface area contributed by atoms with E-state index in [1.807, 2.05) is 4.72 Å². The predicted molar refractivity (Wildman–Crippen MR) is 80.3 cm³/mol. The van der Waals surface area contributed by atoms with E-state index in [9.17, 15) is 17.9 Å². The van der Waals surface area contributed by atoms with Crippen molar-refractivity contribution in [2.75, 3.05) is 4.72 Å². The fourth-order valence-corrected chi connectivity index (χ4v) is 3.52. The van der Waals surface area contributed by atoms with Gasteiger partial charge in [0.15, 0.2) is 5.75 Å². The summed E-state index contributed by atoms with van der Waals surface area (Å²) in [6.45, 7) is 0. The number of rotatable bonds is 3. The Morgan fingerprint density at radius 2 is 1.57 bits per heavy atom. The summed E-state index contributed by atoms with van der Waals surface area (Å²) < 4.78 is 39.6. The molecule has 0 atom stereocenters. The van der Waals surface area contributed by atoms with E-state index in [2.05, 4.69) is 0 Å². The molecule has 0 radical (unpaired) electrons. The van der Waals surface area contributed by atoms with Gasteiger partial charge >= 0.3 is 0 Å². The number of aromatic hydroxyl groups is 1. The second-order valence-corrected chi connectivity index (χ2v) is 6.96. The molecule has 0 spiro atoms. The van der Waals surface area contributed by atoms with Crippen molar-refractivity contribution in [2.24, 2.45) is 0 Å². The van der Waals surface area contributed by atoms with Crippen LogP contribution in [0.25, 0.3) is 0 Å². The van der Waals surface area contributed by atoms with Crippen LogP contribution in [0.4, 0.5) is 10.1 Å². The minimum absolute atomic E-state index is 0.115. The van der Waals surface area contributed by atoms with E-state index in [4.69, 9.17) is 34.8 Å². The van der Waals surface area contributed by atoms with E-state index in [-0.39, 0.29) is 20.0 Å². The van der Waals surface area contributed by atoms with Crippen LogP contribution in [0, 0.1) is 5.82 Å². The van der Waals surface area contributed by atoms with Gasteiger partial charge in [-0.15, -0.1) is 0 Å². The lowest BCUT2D eigenvalue weighted by Gasteiger charge is -2.11. The third kappa shape index (κ3) is 3.71. The monoisotopic (exact) mass is 369 g/mol. The Bertz CT molecular complexity index is 791. The Morgan fingerprint density at radius 3 is 2.14 bits per heavy atom. The van der Waals surface area contributed by atoms with E-state index in [1.165, 1.54) is 6.07 Å². The number of nitrogens with one attached hydrogen (secondary N) is 1. The first kappa shape index (κ1) is 16.2. The molecule has 0 bridgehead atoms. The van der Waals surface area contributed by atoms with Crippen LogP contribution < -0.4 is 4.72 Å². The zero-order valence-electron chi connectivity index (χ0n) is 10.1. The molecule has 0 aliphatic heterocycles. The first-order valence-electron chi connectivity index (χ1n) is 5.36. The highest BCUT2D eigenvalue weighted by Crippen LogP contribution is 2.34. The van der Waals surface area contributed by atoms with Gasteiger partial charge in [0, 0.05) is 16.1 Å². The van der Waals surface area contributed by atoms with E-state index in [0.717, 1.165) is 24.3 Å². The highest BCUT2D eigenvalue weighted by atomic mass is 35.5. The summed E-state index contributed by atoms with van der Waals surface area (Å²) in [5.74, 6) is -1.39. The van der Waals surface area contributed by atoms with E-state index < -0.39 is 27.3 Å². The van der Waals surface area contributed by atoms with Gasteiger partial charge in [-0.1, -0.05) is 34.8 Å². The molecule has 0 saturated carbocycles. The Morgan fingerprint density at radius 1 is 1.00 bits per heavy atom. The highest BCUT2D eigenvalue weighted by Gasteiger charge is 2.19. The number of anilines is 1. The lowest BCUT2D eigenvalue weighted by Crippen LogP contribution is -2.13. The lowest BCUT2D eigenvalue weighted by molar-refractivity contribution is 0.476. The summed E-state index contributed by atoms with van der Waals surface area (Å²) in [5.41, 5.74) is -0.393. The van der Waals surface area contributed by atoms with Crippen molar-refractivity contribution in [3.63, 3.8) is 0 Å². The molecule has 9 heteroatoms. The first-order valence-corrected chi connectivity index (χ1v) is 7.97. The summed E-state index contributed by atoms with van der Waals surface area (Å²) in [6, 6.07) is 5.33. The lowest BCUT2D eigenvalue weighted by atomic mass is 10.3. The molecule has 2 aromatic carbocycles. The molecule has 2 N–H and O–H groups in total. The van der Waals surface area contributed by atoms with Gasteiger partial charge in [-0.05, 0) is 24.3 Å². The van der Waals surface area contributed by atoms with Crippen molar-refractivity contribution in [1.29, 1.82) is 0 Å². The number of phenols is 1. The van der Waals surface area contributed by atoms with Gasteiger partial charge in [0.2, 0.25) is 0 Å². The van der Waals surface area contributed by atoms with Crippen LogP contribution in [0.1, 0.15) is 0 Å². The predicted octanol–water partition coefficient (Wildman–Crippen LogP) is 4.29. The number of hydrogen-bond donors (Lipinski definition) is 2. The summed E-state index contributed by atoms with van der Waals surface area (Å²) >= 11 is 17.0. The minimum Gasteiger partial charge on any atom is -0.504 e. The van der Waals surface area contributed by atoms with Crippen molar-refractivity contribution >= 4 is 50.5 Å². The Balaban J connectivity index is 2.47. The number of sulfonamides is 1. The van der Waals surface area contributed by atoms with Crippen LogP contribution in [0.3, 0.4) is 0 Å². The quantitative estimate of drug-likeness (QED) is 0.792. The maximum absolute atomic E-state index is 13.2. The molecule has 0 aliphatic carbocycles. The third-order valence-electron chi connectivity index (χ3n) is 2.42. The Labute approximate surface area is 135 Å². The molecule has 112 valence electrons. The molecule has 0 amide bonds. The second kappa shape index (κ2) is 5.88. The van der Waals surface area contributed by atoms with Crippen molar-refractivity contribution < 1.29 is 17.9 Å². The van der Waals surface area contributed by atoms with Crippen LogP contribution in [0.5, 0.6) is 5.75 Å². The van der Waals surface area contributed by atoms with Crippen LogP contribution >= 0.6 is 34.8 Å². The Hall–Kier alpha value is -1.21. The average molecular weight is 371 g/mol. The molecule has 0 fully saturated rings. The fraction of sp³-hybridized carbons (Fsp3) is 0. The molecule has 0 heterocycles. The number of benzene rings is 2. The van der Waals surface area contributed by atoms with E-state index >= 15 is 0 Å². The number of hydrogen-bond acceptors (Lipinski definition) is 3. The minimum atomic E-state index is -4.12. The zero-order valence-corrected chi connectivity index (χ0v) is 13.2. The van der Waals surface area contributed by atoms with Gasteiger partial charge in [-0.2, -0.15) is 0 Å². The van der Waals surface area contributed by atoms with Crippen molar-refractivity contribution in [1.82, 2.24) is 0 Å². The first-order chi connectivity index (χ1) is 9.69. The molecule has 0 saturated heterocycles. The molecule has 2 rings (SSSR count). The normalized spacial score (nSPS) is 11.4. The average Bonchev–Trinajstić information content (AvgIpc) is 2.33. The van der Waals surface area contributed by atoms with Crippen molar-refractivity contribution in [2.45, 2.75) is 4.90 Å². The van der Waals surface area contributed by atoms with Crippen molar-refractivity contribution in [3.8, 4) is 5.75 Å². The van der Waals surface area contributed by atoms with Gasteiger partial charge in [0.25, 0.3) is 10.0 Å². The number of phenolic OH excluding ortho intramolecular Hbond substituents is 1. The summed E-state index contributed by atoms with van der Waals surface area (Å²) in [6.07, 6.45) is 0. The smallest absolute Gasteiger partial charge is 0.262 e. The second-order valence-electron chi connectivity index (χ2n) is 3.99. The fourth-order valence-electron chi connectivity index (χ4n) is 1.53. The summed E-state index contributed by atoms with van der Waals surface area (Å²) in [7, 11) is -4.12. The van der Waals surface area contributed by atoms with Crippen molar-refractivity contribution in [3.05, 3.63) is 51.2 Å². The summed E-state index contributed by atoms with van der Waals surface area (Å²) in [4.78, 5) is -0.236. The van der Waals surface area contributed by atoms with Crippen LogP contribution in [-0.2, 0) is 10.0 Å². The van der Waals surface area contributed by atoms with Crippen LogP contribution in [0.2, 0.25) is 15.1 Å². The topological polar surface area (TPSA) is 66.4 Å². The SMILES string of the molecule is O=S(=O)(Nc1cc(F)cc(Cl)c1O)c1cc(Cl)cc(Cl)c1. The molecule has 0 unspecified atom stereocenters. The van der Waals surface area contributed by atoms with Gasteiger partial charge in [-0.25, -0.2) is 12.8 Å². The maximum atomic E-state index is 13.2. The zero-order chi connectivity index (χ0) is 15.8. The van der Waals surface area contributed by atoms with Gasteiger partial charge < -0.3 is 5.11 Å². The summed E-state index contributed by atoms with van der Waals surface area (Å²) in [5, 5.41) is 9.57. The molecule has 2 aromatic rings. The van der Waals surface area contributed by atoms with Gasteiger partial charge in [-0.3, -0.25) is 4.72 Å². The van der Waals surface area contributed by atoms with E-state index in [1.54, 1.807) is 0 Å². The van der Waals surface area contributed by atoms with Gasteiger partial charge in [0.05, 0.1) is 15.6 Å². The molecule has 0 aromatic heterocycles. The molecule has 21 heavy (non-hydrogen) atoms. The Kier molecular flexibility index (Phi) is 4.53. The molecular formula is C12H7Cl3FNO3S. The highest BCUT2D eigenvalue weighted by molar-refractivity contribution is 7.92. The molecule has 0 aliphatic rings. The standard InChI is InChI=1S/C12H7Cl3FNO3S/c13-6-1-7(14)3-9(2-6)21(19,20)17-11-5-8(16)4-10(15)12(11)18/h1-5,17-18H. The molecule has 4 nitrogen and oxygen atoms in total. The van der Waals surface area contributed by atoms with Crippen LogP contribution in [0.15, 0.2) is 35.2 Å². The van der Waals surface area contributed by atoms with E-state index in [0.29, 0.717) is 0 Å². The van der Waals surface area contributed by atoms with Gasteiger partial charge in [0.1, 0.15) is 5.82 Å². The largest absolute Gasteiger partial charge is 0.504 e. The maximum Gasteiger partial charge on any atom is 0.262 e.